The maximum atomic E-state index is 5.94. The zero-order valence-corrected chi connectivity index (χ0v) is 13.4. The zero-order chi connectivity index (χ0) is 16.1. The smallest absolute Gasteiger partial charge is 0.129 e. The number of aryl methyl sites for hydroxylation is 1. The van der Waals surface area contributed by atoms with Crippen LogP contribution in [-0.2, 0) is 0 Å². The number of hydrogen-bond acceptors (Lipinski definition) is 3. The number of para-hydroxylation sites is 1. The van der Waals surface area contributed by atoms with Crippen molar-refractivity contribution in [3.05, 3.63) is 66.2 Å². The molecule has 3 nitrogen and oxygen atoms in total. The van der Waals surface area contributed by atoms with E-state index >= 15 is 0 Å². The first-order valence-corrected chi connectivity index (χ1v) is 7.66. The van der Waals surface area contributed by atoms with Gasteiger partial charge in [0.05, 0.1) is 7.11 Å². The van der Waals surface area contributed by atoms with Crippen LogP contribution in [0.2, 0.25) is 0 Å². The van der Waals surface area contributed by atoms with E-state index in [1.807, 2.05) is 61.5 Å². The minimum atomic E-state index is 0.491. The van der Waals surface area contributed by atoms with Gasteiger partial charge in [0.15, 0.2) is 0 Å². The van der Waals surface area contributed by atoms with Crippen LogP contribution < -0.4 is 14.2 Å². The number of ether oxygens (including phenoxy) is 3. The van der Waals surface area contributed by atoms with Crippen LogP contribution in [0.3, 0.4) is 0 Å². The number of rotatable bonds is 6. The molecule has 0 unspecified atom stereocenters. The van der Waals surface area contributed by atoms with E-state index in [0.29, 0.717) is 13.2 Å². The Balaban J connectivity index is 1.73. The van der Waals surface area contributed by atoms with Gasteiger partial charge in [0.25, 0.3) is 0 Å². The van der Waals surface area contributed by atoms with Crippen molar-refractivity contribution in [2.75, 3.05) is 20.3 Å². The van der Waals surface area contributed by atoms with Crippen molar-refractivity contribution in [1.82, 2.24) is 0 Å². The Morgan fingerprint density at radius 1 is 0.783 bits per heavy atom. The van der Waals surface area contributed by atoms with Crippen molar-refractivity contribution in [2.24, 2.45) is 0 Å². The summed E-state index contributed by atoms with van der Waals surface area (Å²) in [6.45, 7) is 3.02. The van der Waals surface area contributed by atoms with Gasteiger partial charge in [-0.1, -0.05) is 42.5 Å². The molecule has 0 amide bonds. The van der Waals surface area contributed by atoms with E-state index in [1.54, 1.807) is 7.11 Å². The SMILES string of the molecule is COc1c(C)cc(OCCOc2ccccc2)c2ccccc12. The lowest BCUT2D eigenvalue weighted by Gasteiger charge is -2.14. The molecule has 0 bridgehead atoms. The van der Waals surface area contributed by atoms with Crippen molar-refractivity contribution in [3.8, 4) is 17.2 Å². The molecule has 0 aliphatic carbocycles. The second-order valence-electron chi connectivity index (χ2n) is 5.28. The van der Waals surface area contributed by atoms with E-state index in [2.05, 4.69) is 6.07 Å². The molecule has 0 heterocycles. The molecule has 0 atom stereocenters. The minimum absolute atomic E-state index is 0.491. The summed E-state index contributed by atoms with van der Waals surface area (Å²) in [5.41, 5.74) is 1.06. The molecule has 3 heteroatoms. The molecule has 0 spiro atoms. The summed E-state index contributed by atoms with van der Waals surface area (Å²) in [7, 11) is 1.70. The normalized spacial score (nSPS) is 10.5. The van der Waals surface area contributed by atoms with Crippen LogP contribution in [-0.4, -0.2) is 20.3 Å². The number of methoxy groups -OCH3 is 1. The van der Waals surface area contributed by atoms with Crippen LogP contribution in [0.1, 0.15) is 5.56 Å². The van der Waals surface area contributed by atoms with Gasteiger partial charge in [-0.25, -0.2) is 0 Å². The summed E-state index contributed by atoms with van der Waals surface area (Å²) in [4.78, 5) is 0. The average Bonchev–Trinajstić information content (AvgIpc) is 2.59. The Bertz CT molecular complexity index is 781. The Morgan fingerprint density at radius 3 is 2.17 bits per heavy atom. The van der Waals surface area contributed by atoms with Crippen molar-refractivity contribution in [1.29, 1.82) is 0 Å². The topological polar surface area (TPSA) is 27.7 Å². The van der Waals surface area contributed by atoms with E-state index in [9.17, 15) is 0 Å². The maximum absolute atomic E-state index is 5.94. The highest BCUT2D eigenvalue weighted by molar-refractivity contribution is 5.94. The quantitative estimate of drug-likeness (QED) is 0.622. The second kappa shape index (κ2) is 7.05. The van der Waals surface area contributed by atoms with Gasteiger partial charge in [0.1, 0.15) is 30.5 Å². The van der Waals surface area contributed by atoms with Crippen molar-refractivity contribution in [2.45, 2.75) is 6.92 Å². The highest BCUT2D eigenvalue weighted by Crippen LogP contribution is 2.36. The Hall–Kier alpha value is -2.68. The minimum Gasteiger partial charge on any atom is -0.496 e. The lowest BCUT2D eigenvalue weighted by atomic mass is 10.0. The summed E-state index contributed by atoms with van der Waals surface area (Å²) in [5.74, 6) is 2.61. The fraction of sp³-hybridized carbons (Fsp3) is 0.200. The van der Waals surface area contributed by atoms with Gasteiger partial charge in [0, 0.05) is 10.8 Å². The van der Waals surface area contributed by atoms with E-state index < -0.39 is 0 Å². The molecule has 0 radical (unpaired) electrons. The molecule has 118 valence electrons. The van der Waals surface area contributed by atoms with Crippen LogP contribution in [0.15, 0.2) is 60.7 Å². The summed E-state index contributed by atoms with van der Waals surface area (Å²) in [6.07, 6.45) is 0. The molecular formula is C20H20O3. The number of fused-ring (bicyclic) bond motifs is 1. The maximum Gasteiger partial charge on any atom is 0.129 e. The molecule has 0 aliphatic rings. The van der Waals surface area contributed by atoms with Crippen LogP contribution in [0.25, 0.3) is 10.8 Å². The Morgan fingerprint density at radius 2 is 1.43 bits per heavy atom. The van der Waals surface area contributed by atoms with Gasteiger partial charge in [0.2, 0.25) is 0 Å². The first kappa shape index (κ1) is 15.2. The highest BCUT2D eigenvalue weighted by atomic mass is 16.5. The molecule has 23 heavy (non-hydrogen) atoms. The molecule has 3 aromatic rings. The van der Waals surface area contributed by atoms with Crippen LogP contribution in [0, 0.1) is 6.92 Å². The van der Waals surface area contributed by atoms with Gasteiger partial charge in [-0.3, -0.25) is 0 Å². The van der Waals surface area contributed by atoms with Gasteiger partial charge in [-0.05, 0) is 30.7 Å². The van der Waals surface area contributed by atoms with Crippen molar-refractivity contribution >= 4 is 10.8 Å². The fourth-order valence-corrected chi connectivity index (χ4v) is 2.67. The molecule has 3 rings (SSSR count). The van der Waals surface area contributed by atoms with Gasteiger partial charge >= 0.3 is 0 Å². The lowest BCUT2D eigenvalue weighted by molar-refractivity contribution is 0.218. The van der Waals surface area contributed by atoms with Crippen molar-refractivity contribution in [3.63, 3.8) is 0 Å². The molecule has 3 aromatic carbocycles. The third-order valence-electron chi connectivity index (χ3n) is 3.70. The fourth-order valence-electron chi connectivity index (χ4n) is 2.67. The van der Waals surface area contributed by atoms with E-state index in [4.69, 9.17) is 14.2 Å². The first-order chi connectivity index (χ1) is 11.3. The first-order valence-electron chi connectivity index (χ1n) is 7.66. The largest absolute Gasteiger partial charge is 0.496 e. The highest BCUT2D eigenvalue weighted by Gasteiger charge is 2.10. The monoisotopic (exact) mass is 308 g/mol. The third kappa shape index (κ3) is 3.39. The summed E-state index contributed by atoms with van der Waals surface area (Å²) >= 11 is 0. The molecule has 0 N–H and O–H groups in total. The van der Waals surface area contributed by atoms with Crippen LogP contribution >= 0.6 is 0 Å². The molecule has 0 fully saturated rings. The van der Waals surface area contributed by atoms with E-state index in [-0.39, 0.29) is 0 Å². The summed E-state index contributed by atoms with van der Waals surface area (Å²) < 4.78 is 17.1. The summed E-state index contributed by atoms with van der Waals surface area (Å²) in [6, 6.07) is 19.9. The van der Waals surface area contributed by atoms with Gasteiger partial charge < -0.3 is 14.2 Å². The molecule has 0 aromatic heterocycles. The molecule has 0 saturated carbocycles. The van der Waals surface area contributed by atoms with Crippen molar-refractivity contribution < 1.29 is 14.2 Å². The standard InChI is InChI=1S/C20H20O3/c1-15-14-19(17-10-6-7-11-18(17)20(15)21-2)23-13-12-22-16-8-4-3-5-9-16/h3-11,14H,12-13H2,1-2H3. The van der Waals surface area contributed by atoms with E-state index in [1.165, 1.54) is 0 Å². The second-order valence-corrected chi connectivity index (χ2v) is 5.28. The zero-order valence-electron chi connectivity index (χ0n) is 13.4. The number of hydrogen-bond donors (Lipinski definition) is 0. The predicted molar refractivity (Wildman–Crippen MR) is 92.7 cm³/mol. The molecular weight excluding hydrogens is 288 g/mol. The van der Waals surface area contributed by atoms with Crippen LogP contribution in [0.5, 0.6) is 17.2 Å². The average molecular weight is 308 g/mol. The van der Waals surface area contributed by atoms with Gasteiger partial charge in [-0.15, -0.1) is 0 Å². The Kier molecular flexibility index (Phi) is 4.67. The number of benzene rings is 3. The molecule has 0 saturated heterocycles. The summed E-state index contributed by atoms with van der Waals surface area (Å²) in [5, 5.41) is 2.11. The lowest BCUT2D eigenvalue weighted by Crippen LogP contribution is -2.09. The molecule has 0 aliphatic heterocycles. The third-order valence-corrected chi connectivity index (χ3v) is 3.70. The Labute approximate surface area is 136 Å². The predicted octanol–water partition coefficient (Wildman–Crippen LogP) is 4.61. The van der Waals surface area contributed by atoms with Crippen LogP contribution in [0.4, 0.5) is 0 Å². The van der Waals surface area contributed by atoms with Gasteiger partial charge in [-0.2, -0.15) is 0 Å². The van der Waals surface area contributed by atoms with E-state index in [0.717, 1.165) is 33.6 Å².